The van der Waals surface area contributed by atoms with Gasteiger partial charge in [0.25, 0.3) is 0 Å². The van der Waals surface area contributed by atoms with Crippen LogP contribution in [0.4, 0.5) is 5.69 Å². The van der Waals surface area contributed by atoms with Crippen LogP contribution in [0.25, 0.3) is 0 Å². The van der Waals surface area contributed by atoms with E-state index in [1.807, 2.05) is 30.3 Å². The van der Waals surface area contributed by atoms with Crippen LogP contribution in [0.5, 0.6) is 5.75 Å². The molecule has 1 unspecified atom stereocenters. The van der Waals surface area contributed by atoms with Gasteiger partial charge in [0.2, 0.25) is 5.91 Å². The van der Waals surface area contributed by atoms with Crippen LogP contribution in [0.3, 0.4) is 0 Å². The molecule has 3 aromatic rings. The first-order valence-corrected chi connectivity index (χ1v) is 11.7. The van der Waals surface area contributed by atoms with Crippen LogP contribution < -0.4 is 10.1 Å². The van der Waals surface area contributed by atoms with E-state index in [0.717, 1.165) is 29.4 Å². The third-order valence-corrected chi connectivity index (χ3v) is 7.03. The summed E-state index contributed by atoms with van der Waals surface area (Å²) in [6.07, 6.45) is 4.66. The first-order valence-electron chi connectivity index (χ1n) is 10.4. The van der Waals surface area contributed by atoms with Crippen molar-refractivity contribution >= 4 is 35.0 Å². The van der Waals surface area contributed by atoms with Crippen LogP contribution in [0.1, 0.15) is 54.3 Å². The van der Waals surface area contributed by atoms with E-state index in [2.05, 4.69) is 20.1 Å². The number of benzene rings is 2. The molecule has 0 bridgehead atoms. The molecule has 1 atom stereocenters. The maximum atomic E-state index is 13.4. The molecule has 1 heterocycles. The normalized spacial score (nSPS) is 16.7. The second kappa shape index (κ2) is 8.55. The second-order valence-electron chi connectivity index (χ2n) is 7.96. The van der Waals surface area contributed by atoms with Gasteiger partial charge >= 0.3 is 0 Å². The van der Waals surface area contributed by atoms with Gasteiger partial charge in [0.05, 0.1) is 12.1 Å². The third-order valence-electron chi connectivity index (χ3n) is 5.53. The molecule has 2 saturated carbocycles. The predicted molar refractivity (Wildman–Crippen MR) is 122 cm³/mol. The van der Waals surface area contributed by atoms with E-state index in [0.29, 0.717) is 28.4 Å². The first kappa shape index (κ1) is 20.4. The number of hydrogen-bond acceptors (Lipinski definition) is 5. The van der Waals surface area contributed by atoms with Gasteiger partial charge in [-0.05, 0) is 49.4 Å². The number of aromatic nitrogens is 3. The van der Waals surface area contributed by atoms with Gasteiger partial charge in [-0.25, -0.2) is 0 Å². The van der Waals surface area contributed by atoms with Crippen molar-refractivity contribution in [2.45, 2.75) is 48.0 Å². The zero-order chi connectivity index (χ0) is 21.4. The Hall–Kier alpha value is -2.51. The van der Waals surface area contributed by atoms with Crippen molar-refractivity contribution in [2.24, 2.45) is 0 Å². The van der Waals surface area contributed by atoms with Crippen molar-refractivity contribution in [3.63, 3.8) is 0 Å². The lowest BCUT2D eigenvalue weighted by molar-refractivity contribution is -0.115. The van der Waals surface area contributed by atoms with Crippen LogP contribution in [-0.2, 0) is 4.79 Å². The molecule has 0 radical (unpaired) electrons. The van der Waals surface area contributed by atoms with Crippen LogP contribution in [-0.4, -0.2) is 27.8 Å². The molecule has 0 saturated heterocycles. The van der Waals surface area contributed by atoms with E-state index in [1.54, 1.807) is 25.3 Å². The number of halogens is 1. The fourth-order valence-corrected chi connectivity index (χ4v) is 4.99. The summed E-state index contributed by atoms with van der Waals surface area (Å²) in [4.78, 5) is 13.4. The largest absolute Gasteiger partial charge is 0.495 e. The van der Waals surface area contributed by atoms with Gasteiger partial charge in [-0.3, -0.25) is 4.79 Å². The Morgan fingerprint density at radius 2 is 1.94 bits per heavy atom. The fourth-order valence-electron chi connectivity index (χ4n) is 3.62. The lowest BCUT2D eigenvalue weighted by atomic mass is 10.1. The molecule has 0 aliphatic heterocycles. The van der Waals surface area contributed by atoms with Gasteiger partial charge in [-0.15, -0.1) is 10.2 Å². The SMILES string of the molecule is COc1ccc(NC(=O)C(Sc2nnc(C3CC3)n2C2CC2)c2ccccc2)cc1Cl. The zero-order valence-corrected chi connectivity index (χ0v) is 18.7. The number of ether oxygens (including phenoxy) is 1. The van der Waals surface area contributed by atoms with E-state index in [4.69, 9.17) is 16.3 Å². The average Bonchev–Trinajstić information content (AvgIpc) is 3.71. The Morgan fingerprint density at radius 1 is 1.16 bits per heavy atom. The highest BCUT2D eigenvalue weighted by Gasteiger charge is 2.37. The summed E-state index contributed by atoms with van der Waals surface area (Å²) in [5, 5.41) is 12.8. The van der Waals surface area contributed by atoms with Gasteiger partial charge in [-0.1, -0.05) is 53.7 Å². The van der Waals surface area contributed by atoms with Crippen molar-refractivity contribution in [1.82, 2.24) is 14.8 Å². The number of amides is 1. The van der Waals surface area contributed by atoms with Crippen LogP contribution >= 0.6 is 23.4 Å². The van der Waals surface area contributed by atoms with E-state index in [-0.39, 0.29) is 5.91 Å². The smallest absolute Gasteiger partial charge is 0.242 e. The number of nitrogens with zero attached hydrogens (tertiary/aromatic N) is 3. The number of nitrogens with one attached hydrogen (secondary N) is 1. The quantitative estimate of drug-likeness (QED) is 0.447. The molecular formula is C23H23ClN4O2S. The molecule has 31 heavy (non-hydrogen) atoms. The van der Waals surface area contributed by atoms with E-state index < -0.39 is 5.25 Å². The molecule has 6 nitrogen and oxygen atoms in total. The summed E-state index contributed by atoms with van der Waals surface area (Å²) < 4.78 is 7.48. The van der Waals surface area contributed by atoms with E-state index in [1.165, 1.54) is 24.6 Å². The van der Waals surface area contributed by atoms with Gasteiger partial charge in [0.15, 0.2) is 5.16 Å². The molecule has 1 N–H and O–H groups in total. The van der Waals surface area contributed by atoms with Crippen LogP contribution in [0.15, 0.2) is 53.7 Å². The minimum Gasteiger partial charge on any atom is -0.495 e. The van der Waals surface area contributed by atoms with Crippen LogP contribution in [0, 0.1) is 0 Å². The van der Waals surface area contributed by atoms with E-state index in [9.17, 15) is 4.79 Å². The van der Waals surface area contributed by atoms with Gasteiger partial charge < -0.3 is 14.6 Å². The van der Waals surface area contributed by atoms with Gasteiger partial charge in [0.1, 0.15) is 16.8 Å². The molecule has 2 aliphatic carbocycles. The highest BCUT2D eigenvalue weighted by molar-refractivity contribution is 8.00. The summed E-state index contributed by atoms with van der Waals surface area (Å²) in [5.41, 5.74) is 1.54. The molecule has 2 aliphatic rings. The average molecular weight is 455 g/mol. The minimum atomic E-state index is -0.462. The summed E-state index contributed by atoms with van der Waals surface area (Å²) in [5.74, 6) is 2.04. The number of carbonyl (C=O) groups excluding carboxylic acids is 1. The highest BCUT2D eigenvalue weighted by atomic mass is 35.5. The molecule has 1 aromatic heterocycles. The Labute approximate surface area is 190 Å². The summed E-state index contributed by atoms with van der Waals surface area (Å²) >= 11 is 7.70. The topological polar surface area (TPSA) is 69.0 Å². The monoisotopic (exact) mass is 454 g/mol. The molecular weight excluding hydrogens is 432 g/mol. The van der Waals surface area contributed by atoms with Crippen LogP contribution in [0.2, 0.25) is 5.02 Å². The summed E-state index contributed by atoms with van der Waals surface area (Å²) in [6.45, 7) is 0. The number of rotatable bonds is 8. The predicted octanol–water partition coefficient (Wildman–Crippen LogP) is 5.62. The molecule has 2 aromatic carbocycles. The van der Waals surface area contributed by atoms with Crippen molar-refractivity contribution in [3.8, 4) is 5.75 Å². The molecule has 2 fully saturated rings. The van der Waals surface area contributed by atoms with Gasteiger partial charge in [-0.2, -0.15) is 0 Å². The lowest BCUT2D eigenvalue weighted by Crippen LogP contribution is -2.19. The molecule has 5 rings (SSSR count). The summed E-state index contributed by atoms with van der Waals surface area (Å²) in [6, 6.07) is 15.5. The standard InChI is InChI=1S/C23H23ClN4O2S/c1-30-19-12-9-16(13-18(19)24)25-22(29)20(14-5-3-2-4-6-14)31-23-27-26-21(15-7-8-15)28(23)17-10-11-17/h2-6,9,12-13,15,17,20H,7-8,10-11H2,1H3,(H,25,29). The second-order valence-corrected chi connectivity index (χ2v) is 9.44. The van der Waals surface area contributed by atoms with Crippen molar-refractivity contribution < 1.29 is 9.53 Å². The fraction of sp³-hybridized carbons (Fsp3) is 0.348. The van der Waals surface area contributed by atoms with Crippen molar-refractivity contribution in [1.29, 1.82) is 0 Å². The molecule has 8 heteroatoms. The molecule has 0 spiro atoms. The number of thioether (sulfide) groups is 1. The number of anilines is 1. The highest BCUT2D eigenvalue weighted by Crippen LogP contribution is 2.47. The first-order chi connectivity index (χ1) is 15.1. The maximum absolute atomic E-state index is 13.4. The number of hydrogen-bond donors (Lipinski definition) is 1. The number of carbonyl (C=O) groups is 1. The lowest BCUT2D eigenvalue weighted by Gasteiger charge is -2.18. The summed E-state index contributed by atoms with van der Waals surface area (Å²) in [7, 11) is 1.56. The van der Waals surface area contributed by atoms with Crippen molar-refractivity contribution in [3.05, 3.63) is 64.9 Å². The Morgan fingerprint density at radius 3 is 2.58 bits per heavy atom. The Balaban J connectivity index is 1.43. The molecule has 1 amide bonds. The Bertz CT molecular complexity index is 1100. The third kappa shape index (κ3) is 4.43. The Kier molecular flexibility index (Phi) is 5.63. The molecule has 160 valence electrons. The van der Waals surface area contributed by atoms with Crippen molar-refractivity contribution in [2.75, 3.05) is 12.4 Å². The zero-order valence-electron chi connectivity index (χ0n) is 17.1. The van der Waals surface area contributed by atoms with E-state index >= 15 is 0 Å². The van der Waals surface area contributed by atoms with Gasteiger partial charge in [0, 0.05) is 17.6 Å². The maximum Gasteiger partial charge on any atom is 0.242 e. The number of methoxy groups -OCH3 is 1. The minimum absolute atomic E-state index is 0.129.